The molecule has 0 saturated heterocycles. The summed E-state index contributed by atoms with van der Waals surface area (Å²) in [7, 11) is -3.66. The van der Waals surface area contributed by atoms with Crippen LogP contribution in [0.2, 0.25) is 0 Å². The maximum atomic E-state index is 10.5. The van der Waals surface area contributed by atoms with Crippen LogP contribution >= 0.6 is 0 Å². The van der Waals surface area contributed by atoms with Crippen LogP contribution in [0, 0.1) is 0 Å². The Bertz CT molecular complexity index is 441. The fourth-order valence-corrected chi connectivity index (χ4v) is 0.941. The van der Waals surface area contributed by atoms with Gasteiger partial charge in [0.25, 0.3) is 0 Å². The van der Waals surface area contributed by atoms with Gasteiger partial charge in [-0.3, -0.25) is 4.28 Å². The first-order valence-electron chi connectivity index (χ1n) is 3.92. The maximum absolute atomic E-state index is 10.5. The van der Waals surface area contributed by atoms with E-state index in [0.717, 1.165) is 6.26 Å². The lowest BCUT2D eigenvalue weighted by Crippen LogP contribution is -2.20. The van der Waals surface area contributed by atoms with Crippen LogP contribution in [0.25, 0.3) is 0 Å². The quantitative estimate of drug-likeness (QED) is 0.457. The molecule has 1 aromatic carbocycles. The highest BCUT2D eigenvalue weighted by Gasteiger charge is 2.02. The van der Waals surface area contributed by atoms with E-state index in [-0.39, 0.29) is 6.02 Å². The lowest BCUT2D eigenvalue weighted by atomic mass is 10.3. The number of benzene rings is 1. The van der Waals surface area contributed by atoms with Crippen molar-refractivity contribution in [1.82, 2.24) is 0 Å². The van der Waals surface area contributed by atoms with E-state index >= 15 is 0 Å². The smallest absolute Gasteiger partial charge is 0.328 e. The normalized spacial score (nSPS) is 12.2. The van der Waals surface area contributed by atoms with Crippen LogP contribution in [-0.4, -0.2) is 20.7 Å². The Kier molecular flexibility index (Phi) is 3.51. The van der Waals surface area contributed by atoms with Crippen LogP contribution in [0.15, 0.2) is 35.5 Å². The predicted molar refractivity (Wildman–Crippen MR) is 54.6 cm³/mol. The second kappa shape index (κ2) is 4.65. The lowest BCUT2D eigenvalue weighted by molar-refractivity contribution is 0.327. The van der Waals surface area contributed by atoms with Crippen LogP contribution < -0.4 is 10.5 Å². The molecule has 0 unspecified atom stereocenters. The van der Waals surface area contributed by atoms with Gasteiger partial charge in [-0.25, -0.2) is 0 Å². The summed E-state index contributed by atoms with van der Waals surface area (Å²) >= 11 is 0. The average Bonchev–Trinajstić information content (AvgIpc) is 2.15. The highest BCUT2D eigenvalue weighted by molar-refractivity contribution is 7.85. The molecule has 0 aliphatic heterocycles. The van der Waals surface area contributed by atoms with Crippen molar-refractivity contribution in [3.63, 3.8) is 0 Å². The number of amidine groups is 1. The largest absolute Gasteiger partial charge is 0.424 e. The van der Waals surface area contributed by atoms with Crippen molar-refractivity contribution in [2.24, 2.45) is 10.9 Å². The van der Waals surface area contributed by atoms with Crippen LogP contribution in [0.1, 0.15) is 0 Å². The molecule has 82 valence electrons. The standard InChI is InChI=1S/C8H10N2O4S/c1-15(11,12)14-10-8(9)13-7-5-3-2-4-6-7/h2-6H,1H3,(H2,9,10). The molecular formula is C8H10N2O4S. The topological polar surface area (TPSA) is 91.0 Å². The van der Waals surface area contributed by atoms with E-state index < -0.39 is 10.1 Å². The molecule has 0 heterocycles. The van der Waals surface area contributed by atoms with E-state index in [1.165, 1.54) is 0 Å². The van der Waals surface area contributed by atoms with Gasteiger partial charge in [0.1, 0.15) is 5.75 Å². The van der Waals surface area contributed by atoms with Gasteiger partial charge in [-0.05, 0) is 17.3 Å². The van der Waals surface area contributed by atoms with Crippen molar-refractivity contribution >= 4 is 16.1 Å². The van der Waals surface area contributed by atoms with Gasteiger partial charge in [0, 0.05) is 0 Å². The molecule has 0 aromatic heterocycles. The maximum Gasteiger partial charge on any atom is 0.328 e. The van der Waals surface area contributed by atoms with E-state index in [4.69, 9.17) is 10.5 Å². The zero-order valence-corrected chi connectivity index (χ0v) is 8.77. The van der Waals surface area contributed by atoms with Crippen LogP contribution in [0.3, 0.4) is 0 Å². The molecule has 15 heavy (non-hydrogen) atoms. The first kappa shape index (κ1) is 11.3. The molecule has 7 heteroatoms. The number of nitrogens with zero attached hydrogens (tertiary/aromatic N) is 1. The Morgan fingerprint density at radius 2 is 1.93 bits per heavy atom. The molecule has 1 aromatic rings. The summed E-state index contributed by atoms with van der Waals surface area (Å²) in [6, 6.07) is 8.17. The molecular weight excluding hydrogens is 220 g/mol. The van der Waals surface area contributed by atoms with E-state index in [0.29, 0.717) is 5.75 Å². The minimum absolute atomic E-state index is 0.383. The van der Waals surface area contributed by atoms with Crippen molar-refractivity contribution in [2.45, 2.75) is 0 Å². The van der Waals surface area contributed by atoms with E-state index in [1.807, 2.05) is 0 Å². The van der Waals surface area contributed by atoms with Gasteiger partial charge in [-0.15, -0.1) is 0 Å². The zero-order valence-electron chi connectivity index (χ0n) is 7.95. The number of hydrogen-bond donors (Lipinski definition) is 1. The van der Waals surface area contributed by atoms with Crippen LogP contribution in [0.5, 0.6) is 5.75 Å². The Hall–Kier alpha value is -1.76. The average molecular weight is 230 g/mol. The van der Waals surface area contributed by atoms with Gasteiger partial charge in [0.05, 0.1) is 6.26 Å². The lowest BCUT2D eigenvalue weighted by Gasteiger charge is -2.02. The third kappa shape index (κ3) is 4.87. The molecule has 6 nitrogen and oxygen atoms in total. The first-order chi connectivity index (χ1) is 6.97. The Morgan fingerprint density at radius 3 is 2.47 bits per heavy atom. The van der Waals surface area contributed by atoms with Gasteiger partial charge < -0.3 is 10.5 Å². The van der Waals surface area contributed by atoms with E-state index in [2.05, 4.69) is 9.44 Å². The Morgan fingerprint density at radius 1 is 1.33 bits per heavy atom. The molecule has 0 aliphatic rings. The Balaban J connectivity index is 2.60. The molecule has 0 saturated carbocycles. The third-order valence-electron chi connectivity index (χ3n) is 1.23. The number of rotatable bonds is 3. The number of para-hydroxylation sites is 1. The summed E-state index contributed by atoms with van der Waals surface area (Å²) in [5.74, 6) is 0.441. The third-order valence-corrected chi connectivity index (χ3v) is 1.57. The Labute approximate surface area is 87.4 Å². The van der Waals surface area contributed by atoms with Gasteiger partial charge >= 0.3 is 16.1 Å². The predicted octanol–water partition coefficient (Wildman–Crippen LogP) is 0.271. The molecule has 0 radical (unpaired) electrons. The summed E-state index contributed by atoms with van der Waals surface area (Å²) in [6.07, 6.45) is 0.853. The van der Waals surface area contributed by atoms with E-state index in [1.54, 1.807) is 30.3 Å². The van der Waals surface area contributed by atoms with Gasteiger partial charge in [-0.1, -0.05) is 18.2 Å². The number of oxime groups is 1. The molecule has 0 aliphatic carbocycles. The molecule has 0 bridgehead atoms. The number of nitrogens with two attached hydrogens (primary N) is 1. The molecule has 0 atom stereocenters. The molecule has 2 N–H and O–H groups in total. The van der Waals surface area contributed by atoms with Crippen molar-refractivity contribution in [1.29, 1.82) is 0 Å². The van der Waals surface area contributed by atoms with Crippen LogP contribution in [-0.2, 0) is 14.4 Å². The fourth-order valence-electron chi connectivity index (χ4n) is 0.732. The van der Waals surface area contributed by atoms with Crippen molar-refractivity contribution < 1.29 is 17.4 Å². The van der Waals surface area contributed by atoms with Crippen molar-refractivity contribution in [3.8, 4) is 5.75 Å². The summed E-state index contributed by atoms with van der Waals surface area (Å²) in [4.78, 5) is 0. The fraction of sp³-hybridized carbons (Fsp3) is 0.125. The highest BCUT2D eigenvalue weighted by Crippen LogP contribution is 2.07. The molecule has 0 fully saturated rings. The second-order valence-electron chi connectivity index (χ2n) is 2.62. The molecule has 0 amide bonds. The summed E-state index contributed by atoms with van der Waals surface area (Å²) in [6.45, 7) is 0. The number of hydrogen-bond acceptors (Lipinski definition) is 5. The first-order valence-corrected chi connectivity index (χ1v) is 5.74. The minimum atomic E-state index is -3.66. The van der Waals surface area contributed by atoms with Gasteiger partial charge in [-0.2, -0.15) is 8.42 Å². The summed E-state index contributed by atoms with van der Waals surface area (Å²) < 4.78 is 30.1. The molecule has 1 rings (SSSR count). The summed E-state index contributed by atoms with van der Waals surface area (Å²) in [5, 5.41) is 3.07. The highest BCUT2D eigenvalue weighted by atomic mass is 32.2. The van der Waals surface area contributed by atoms with Crippen LogP contribution in [0.4, 0.5) is 0 Å². The monoisotopic (exact) mass is 230 g/mol. The van der Waals surface area contributed by atoms with E-state index in [9.17, 15) is 8.42 Å². The SMILES string of the molecule is CS(=O)(=O)O/N=C(/N)Oc1ccccc1. The number of ether oxygens (including phenoxy) is 1. The van der Waals surface area contributed by atoms with Gasteiger partial charge in [0.2, 0.25) is 0 Å². The summed E-state index contributed by atoms with van der Waals surface area (Å²) in [5.41, 5.74) is 5.25. The zero-order chi connectivity index (χ0) is 11.3. The minimum Gasteiger partial charge on any atom is -0.424 e. The second-order valence-corrected chi connectivity index (χ2v) is 4.18. The van der Waals surface area contributed by atoms with Gasteiger partial charge in [0.15, 0.2) is 0 Å². The molecule has 0 spiro atoms. The van der Waals surface area contributed by atoms with Crippen molar-refractivity contribution in [3.05, 3.63) is 30.3 Å². The van der Waals surface area contributed by atoms with Crippen molar-refractivity contribution in [2.75, 3.05) is 6.26 Å².